The number of rotatable bonds is 3. The summed E-state index contributed by atoms with van der Waals surface area (Å²) in [5.74, 6) is -1.75. The molecule has 1 fully saturated rings. The van der Waals surface area contributed by atoms with Crippen LogP contribution in [0, 0.1) is 11.6 Å². The van der Waals surface area contributed by atoms with Gasteiger partial charge in [0.2, 0.25) is 10.0 Å². The molecule has 0 bridgehead atoms. The van der Waals surface area contributed by atoms with Crippen molar-refractivity contribution in [1.29, 1.82) is 0 Å². The largest absolute Gasteiger partial charge is 0.316 e. The molecule has 0 spiro atoms. The summed E-state index contributed by atoms with van der Waals surface area (Å²) in [6, 6.07) is 1.58. The smallest absolute Gasteiger partial charge is 0.246 e. The summed E-state index contributed by atoms with van der Waals surface area (Å²) < 4.78 is 53.3. The topological polar surface area (TPSA) is 49.4 Å². The predicted molar refractivity (Wildman–Crippen MR) is 82.1 cm³/mol. The van der Waals surface area contributed by atoms with E-state index in [0.29, 0.717) is 13.0 Å². The van der Waals surface area contributed by atoms with Gasteiger partial charge in [-0.05, 0) is 48.0 Å². The minimum atomic E-state index is -4.02. The first-order chi connectivity index (χ1) is 9.36. The maximum absolute atomic E-state index is 13.8. The number of sulfonamides is 1. The second-order valence-electron chi connectivity index (χ2n) is 4.69. The lowest BCUT2D eigenvalue weighted by atomic mass is 10.1. The number of halogens is 4. The monoisotopic (exact) mass is 404 g/mol. The van der Waals surface area contributed by atoms with Gasteiger partial charge < -0.3 is 5.32 Å². The molecule has 1 atom stereocenters. The SMILES string of the molecule is CNC1CCCN(S(=O)(=O)c2cc(F)c(Br)cc2F)C1.Cl. The highest BCUT2D eigenvalue weighted by molar-refractivity contribution is 9.10. The van der Waals surface area contributed by atoms with Crippen molar-refractivity contribution in [3.63, 3.8) is 0 Å². The van der Waals surface area contributed by atoms with Gasteiger partial charge >= 0.3 is 0 Å². The number of nitrogens with zero attached hydrogens (tertiary/aromatic N) is 1. The second kappa shape index (κ2) is 7.32. The van der Waals surface area contributed by atoms with Gasteiger partial charge in [0.25, 0.3) is 0 Å². The Balaban J connectivity index is 0.00000220. The van der Waals surface area contributed by atoms with Crippen LogP contribution in [0.15, 0.2) is 21.5 Å². The summed E-state index contributed by atoms with van der Waals surface area (Å²) in [4.78, 5) is -0.616. The summed E-state index contributed by atoms with van der Waals surface area (Å²) in [6.45, 7) is 0.577. The maximum Gasteiger partial charge on any atom is 0.246 e. The van der Waals surface area contributed by atoms with Crippen molar-refractivity contribution in [2.24, 2.45) is 0 Å². The molecule has 9 heteroatoms. The highest BCUT2D eigenvalue weighted by Crippen LogP contribution is 2.27. The molecular weight excluding hydrogens is 390 g/mol. The zero-order chi connectivity index (χ0) is 14.9. The molecule has 1 aliphatic rings. The Morgan fingerprint density at radius 1 is 1.33 bits per heavy atom. The van der Waals surface area contributed by atoms with Gasteiger partial charge in [0.05, 0.1) is 4.47 Å². The van der Waals surface area contributed by atoms with Gasteiger partial charge in [-0.3, -0.25) is 0 Å². The first-order valence-electron chi connectivity index (χ1n) is 6.18. The van der Waals surface area contributed by atoms with E-state index in [1.54, 1.807) is 7.05 Å². The lowest BCUT2D eigenvalue weighted by Crippen LogP contribution is -2.47. The molecule has 1 saturated heterocycles. The average molecular weight is 406 g/mol. The van der Waals surface area contributed by atoms with E-state index in [2.05, 4.69) is 21.2 Å². The molecule has 0 aromatic heterocycles. The van der Waals surface area contributed by atoms with Crippen molar-refractivity contribution in [2.75, 3.05) is 20.1 Å². The number of hydrogen-bond acceptors (Lipinski definition) is 3. The Kier molecular flexibility index (Phi) is 6.54. The van der Waals surface area contributed by atoms with Crippen LogP contribution in [0.5, 0.6) is 0 Å². The lowest BCUT2D eigenvalue weighted by Gasteiger charge is -2.31. The first-order valence-corrected chi connectivity index (χ1v) is 8.41. The Morgan fingerprint density at radius 3 is 2.62 bits per heavy atom. The fraction of sp³-hybridized carbons (Fsp3) is 0.500. The Morgan fingerprint density at radius 2 is 2.00 bits per heavy atom. The molecule has 0 radical (unpaired) electrons. The molecule has 0 amide bonds. The zero-order valence-corrected chi connectivity index (χ0v) is 14.5. The van der Waals surface area contributed by atoms with Crippen molar-refractivity contribution < 1.29 is 17.2 Å². The van der Waals surface area contributed by atoms with E-state index in [4.69, 9.17) is 0 Å². The van der Waals surface area contributed by atoms with Gasteiger partial charge in [-0.2, -0.15) is 4.31 Å². The maximum atomic E-state index is 13.8. The zero-order valence-electron chi connectivity index (χ0n) is 11.3. The van der Waals surface area contributed by atoms with E-state index < -0.39 is 26.6 Å². The molecule has 0 saturated carbocycles. The summed E-state index contributed by atoms with van der Waals surface area (Å²) in [7, 11) is -2.27. The quantitative estimate of drug-likeness (QED) is 0.786. The van der Waals surface area contributed by atoms with Crippen LogP contribution in [0.25, 0.3) is 0 Å². The van der Waals surface area contributed by atoms with Gasteiger partial charge in [-0.1, -0.05) is 0 Å². The second-order valence-corrected chi connectivity index (χ2v) is 7.45. The van der Waals surface area contributed by atoms with E-state index in [1.165, 1.54) is 4.31 Å². The number of nitrogens with one attached hydrogen (secondary N) is 1. The van der Waals surface area contributed by atoms with Crippen LogP contribution in [0.1, 0.15) is 12.8 Å². The summed E-state index contributed by atoms with van der Waals surface area (Å²) in [5.41, 5.74) is 0. The molecule has 0 aliphatic carbocycles. The van der Waals surface area contributed by atoms with Gasteiger partial charge in [-0.25, -0.2) is 17.2 Å². The van der Waals surface area contributed by atoms with Crippen molar-refractivity contribution in [1.82, 2.24) is 9.62 Å². The number of piperidine rings is 1. The van der Waals surface area contributed by atoms with Gasteiger partial charge in [0, 0.05) is 19.1 Å². The fourth-order valence-electron chi connectivity index (χ4n) is 2.24. The van der Waals surface area contributed by atoms with Crippen molar-refractivity contribution >= 4 is 38.4 Å². The lowest BCUT2D eigenvalue weighted by molar-refractivity contribution is 0.292. The molecule has 4 nitrogen and oxygen atoms in total. The van der Waals surface area contributed by atoms with Gasteiger partial charge in [-0.15, -0.1) is 12.4 Å². The van der Waals surface area contributed by atoms with E-state index in [0.717, 1.165) is 18.6 Å². The normalized spacial score (nSPS) is 20.1. The summed E-state index contributed by atoms with van der Waals surface area (Å²) in [6.07, 6.45) is 1.55. The molecule has 1 N–H and O–H groups in total. The van der Waals surface area contributed by atoms with Crippen molar-refractivity contribution in [2.45, 2.75) is 23.8 Å². The Hall–Kier alpha value is -0.280. The third-order valence-corrected chi connectivity index (χ3v) is 5.87. The highest BCUT2D eigenvalue weighted by Gasteiger charge is 2.32. The molecule has 1 heterocycles. The number of hydrogen-bond donors (Lipinski definition) is 1. The molecule has 1 aliphatic heterocycles. The van der Waals surface area contributed by atoms with Crippen molar-refractivity contribution in [3.8, 4) is 0 Å². The van der Waals surface area contributed by atoms with E-state index >= 15 is 0 Å². The van der Waals surface area contributed by atoms with Crippen LogP contribution in [0.3, 0.4) is 0 Å². The van der Waals surface area contributed by atoms with E-state index in [1.807, 2.05) is 0 Å². The van der Waals surface area contributed by atoms with E-state index in [-0.39, 0.29) is 29.5 Å². The molecule has 1 unspecified atom stereocenters. The van der Waals surface area contributed by atoms with Crippen LogP contribution >= 0.6 is 28.3 Å². The number of likely N-dealkylation sites (N-methyl/N-ethyl adjacent to an activating group) is 1. The van der Waals surface area contributed by atoms with Crippen LogP contribution < -0.4 is 5.32 Å². The Bertz CT molecular complexity index is 616. The molecule has 21 heavy (non-hydrogen) atoms. The standard InChI is InChI=1S/C12H15BrF2N2O2S.ClH/c1-16-8-3-2-4-17(7-8)20(18,19)12-6-10(14)9(13)5-11(12)15;/h5-6,8,16H,2-4,7H2,1H3;1H. The first kappa shape index (κ1) is 18.8. The van der Waals surface area contributed by atoms with Gasteiger partial charge in [0.1, 0.15) is 16.5 Å². The minimum absolute atomic E-state index is 0. The minimum Gasteiger partial charge on any atom is -0.316 e. The van der Waals surface area contributed by atoms with Crippen molar-refractivity contribution in [3.05, 3.63) is 28.2 Å². The predicted octanol–water partition coefficient (Wildman–Crippen LogP) is 2.52. The highest BCUT2D eigenvalue weighted by atomic mass is 79.9. The third kappa shape index (κ3) is 3.92. The summed E-state index contributed by atoms with van der Waals surface area (Å²) >= 11 is 2.83. The fourth-order valence-corrected chi connectivity index (χ4v) is 4.13. The Labute approximate surface area is 137 Å². The molecule has 120 valence electrons. The van der Waals surface area contributed by atoms with Gasteiger partial charge in [0.15, 0.2) is 0 Å². The summed E-state index contributed by atoms with van der Waals surface area (Å²) in [5, 5.41) is 3.01. The van der Waals surface area contributed by atoms with Crippen LogP contribution in [-0.4, -0.2) is 38.9 Å². The number of benzene rings is 1. The average Bonchev–Trinajstić information content (AvgIpc) is 2.42. The van der Waals surface area contributed by atoms with Crippen LogP contribution in [0.4, 0.5) is 8.78 Å². The third-order valence-electron chi connectivity index (χ3n) is 3.39. The molecule has 1 aromatic carbocycles. The van der Waals surface area contributed by atoms with Crippen LogP contribution in [-0.2, 0) is 10.0 Å². The molecule has 1 aromatic rings. The van der Waals surface area contributed by atoms with Crippen LogP contribution in [0.2, 0.25) is 0 Å². The molecule has 2 rings (SSSR count). The van der Waals surface area contributed by atoms with E-state index in [9.17, 15) is 17.2 Å². The molecular formula is C12H16BrClF2N2O2S.